The lowest BCUT2D eigenvalue weighted by molar-refractivity contribution is 0.0940. The summed E-state index contributed by atoms with van der Waals surface area (Å²) in [4.78, 5) is 12.2. The standard InChI is InChI=1S/C27H33N3O4/c1-16(2)17(3)33-27(31)29-19-6-4-18(5-7-19)26-25(28)23-11-10-21(34-22-12-13-32-15-22)14-24(23)30(26)20-8-9-20/h4-7,10-11,14,16-17,20,22H,8-9,12-13,15,28H2,1-3H3,(H,29,31). The van der Waals surface area contributed by atoms with Crippen LogP contribution in [-0.2, 0) is 9.47 Å². The summed E-state index contributed by atoms with van der Waals surface area (Å²) in [5, 5.41) is 3.85. The van der Waals surface area contributed by atoms with E-state index in [1.165, 1.54) is 0 Å². The van der Waals surface area contributed by atoms with E-state index in [9.17, 15) is 4.79 Å². The van der Waals surface area contributed by atoms with Gasteiger partial charge in [0.2, 0.25) is 0 Å². The summed E-state index contributed by atoms with van der Waals surface area (Å²) in [6.45, 7) is 7.33. The van der Waals surface area contributed by atoms with Gasteiger partial charge in [0.1, 0.15) is 18.0 Å². The van der Waals surface area contributed by atoms with E-state index in [0.29, 0.717) is 18.3 Å². The Bertz CT molecular complexity index is 1170. The molecule has 180 valence electrons. The number of nitrogen functional groups attached to an aromatic ring is 1. The molecule has 34 heavy (non-hydrogen) atoms. The van der Waals surface area contributed by atoms with Crippen molar-refractivity contribution < 1.29 is 19.0 Å². The van der Waals surface area contributed by atoms with Crippen LogP contribution in [-0.4, -0.2) is 36.1 Å². The molecule has 2 atom stereocenters. The highest BCUT2D eigenvalue weighted by Gasteiger charge is 2.30. The Labute approximate surface area is 200 Å². The average Bonchev–Trinajstić information content (AvgIpc) is 3.44. The highest BCUT2D eigenvalue weighted by atomic mass is 16.6. The first-order valence-corrected chi connectivity index (χ1v) is 12.2. The van der Waals surface area contributed by atoms with Crippen LogP contribution in [0.1, 0.15) is 46.1 Å². The van der Waals surface area contributed by atoms with Crippen molar-refractivity contribution in [3.05, 3.63) is 42.5 Å². The van der Waals surface area contributed by atoms with Crippen LogP contribution in [0.4, 0.5) is 16.2 Å². The summed E-state index contributed by atoms with van der Waals surface area (Å²) in [6.07, 6.45) is 2.70. The van der Waals surface area contributed by atoms with Crippen LogP contribution >= 0.6 is 0 Å². The fraction of sp³-hybridized carbons (Fsp3) is 0.444. The van der Waals surface area contributed by atoms with Gasteiger partial charge in [0.25, 0.3) is 0 Å². The third-order valence-electron chi connectivity index (χ3n) is 6.75. The first-order chi connectivity index (χ1) is 16.4. The smallest absolute Gasteiger partial charge is 0.411 e. The molecule has 7 heteroatoms. The minimum Gasteiger partial charge on any atom is -0.488 e. The van der Waals surface area contributed by atoms with Crippen LogP contribution in [0.5, 0.6) is 5.75 Å². The van der Waals surface area contributed by atoms with Gasteiger partial charge >= 0.3 is 6.09 Å². The molecule has 1 aliphatic heterocycles. The number of nitrogens with two attached hydrogens (primary N) is 1. The summed E-state index contributed by atoms with van der Waals surface area (Å²) < 4.78 is 19.4. The molecule has 2 aromatic carbocycles. The molecule has 2 heterocycles. The van der Waals surface area contributed by atoms with E-state index in [1.807, 2.05) is 51.1 Å². The number of carbonyl (C=O) groups excluding carboxylic acids is 1. The van der Waals surface area contributed by atoms with Crippen molar-refractivity contribution in [2.75, 3.05) is 24.3 Å². The Hall–Kier alpha value is -3.19. The molecule has 1 aromatic heterocycles. The maximum absolute atomic E-state index is 12.2. The van der Waals surface area contributed by atoms with E-state index in [1.54, 1.807) is 0 Å². The average molecular weight is 464 g/mol. The molecule has 0 spiro atoms. The maximum atomic E-state index is 12.2. The number of benzene rings is 2. The molecule has 0 bridgehead atoms. The van der Waals surface area contributed by atoms with E-state index in [-0.39, 0.29) is 18.1 Å². The number of amides is 1. The molecule has 1 saturated carbocycles. The van der Waals surface area contributed by atoms with Gasteiger partial charge in [-0.05, 0) is 49.9 Å². The van der Waals surface area contributed by atoms with Crippen LogP contribution in [0.2, 0.25) is 0 Å². The first-order valence-electron chi connectivity index (χ1n) is 12.2. The quantitative estimate of drug-likeness (QED) is 0.450. The van der Waals surface area contributed by atoms with Crippen LogP contribution in [0.25, 0.3) is 22.2 Å². The minimum atomic E-state index is -0.444. The molecule has 2 fully saturated rings. The fourth-order valence-corrected chi connectivity index (χ4v) is 4.36. The van der Waals surface area contributed by atoms with Crippen LogP contribution in [0, 0.1) is 5.92 Å². The second-order valence-corrected chi connectivity index (χ2v) is 9.70. The number of fused-ring (bicyclic) bond motifs is 1. The highest BCUT2D eigenvalue weighted by molar-refractivity contribution is 6.02. The van der Waals surface area contributed by atoms with E-state index in [4.69, 9.17) is 19.9 Å². The van der Waals surface area contributed by atoms with E-state index >= 15 is 0 Å². The predicted octanol–water partition coefficient (Wildman–Crippen LogP) is 5.99. The van der Waals surface area contributed by atoms with Crippen molar-refractivity contribution in [3.63, 3.8) is 0 Å². The lowest BCUT2D eigenvalue weighted by Crippen LogP contribution is -2.23. The van der Waals surface area contributed by atoms with E-state index < -0.39 is 6.09 Å². The van der Waals surface area contributed by atoms with Crippen molar-refractivity contribution in [2.45, 2.75) is 58.3 Å². The molecule has 1 aliphatic carbocycles. The summed E-state index contributed by atoms with van der Waals surface area (Å²) in [6, 6.07) is 14.4. The zero-order chi connectivity index (χ0) is 23.8. The monoisotopic (exact) mass is 463 g/mol. The number of hydrogen-bond acceptors (Lipinski definition) is 5. The van der Waals surface area contributed by atoms with Crippen molar-refractivity contribution in [2.24, 2.45) is 5.92 Å². The second-order valence-electron chi connectivity index (χ2n) is 9.70. The molecule has 2 aliphatic rings. The molecule has 5 rings (SSSR count). The summed E-state index contributed by atoms with van der Waals surface area (Å²) >= 11 is 0. The fourth-order valence-electron chi connectivity index (χ4n) is 4.36. The number of carbonyl (C=O) groups is 1. The molecule has 1 saturated heterocycles. The Kier molecular flexibility index (Phi) is 6.13. The molecular formula is C27H33N3O4. The predicted molar refractivity (Wildman–Crippen MR) is 134 cm³/mol. The number of rotatable bonds is 7. The number of aromatic nitrogens is 1. The molecule has 3 N–H and O–H groups in total. The maximum Gasteiger partial charge on any atom is 0.411 e. The van der Waals surface area contributed by atoms with Gasteiger partial charge < -0.3 is 24.5 Å². The Morgan fingerprint density at radius 2 is 1.88 bits per heavy atom. The normalized spacial score (nSPS) is 18.9. The number of ether oxygens (including phenoxy) is 3. The molecule has 0 radical (unpaired) electrons. The largest absolute Gasteiger partial charge is 0.488 e. The van der Waals surface area contributed by atoms with Crippen LogP contribution in [0.15, 0.2) is 42.5 Å². The SMILES string of the molecule is CC(C)C(C)OC(=O)Nc1ccc(-c2c(N)c3ccc(OC4CCOC4)cc3n2C2CC2)cc1. The van der Waals surface area contributed by atoms with E-state index in [0.717, 1.165) is 59.5 Å². The van der Waals surface area contributed by atoms with Crippen molar-refractivity contribution in [3.8, 4) is 17.0 Å². The Morgan fingerprint density at radius 1 is 1.12 bits per heavy atom. The molecule has 3 aromatic rings. The summed E-state index contributed by atoms with van der Waals surface area (Å²) in [5.41, 5.74) is 11.3. The van der Waals surface area contributed by atoms with Gasteiger partial charge in [-0.15, -0.1) is 0 Å². The molecule has 7 nitrogen and oxygen atoms in total. The van der Waals surface area contributed by atoms with Crippen molar-refractivity contribution in [1.82, 2.24) is 4.57 Å². The Morgan fingerprint density at radius 3 is 2.53 bits per heavy atom. The zero-order valence-corrected chi connectivity index (χ0v) is 20.0. The molecular weight excluding hydrogens is 430 g/mol. The van der Waals surface area contributed by atoms with Gasteiger partial charge in [-0.1, -0.05) is 26.0 Å². The van der Waals surface area contributed by atoms with E-state index in [2.05, 4.69) is 22.0 Å². The lowest BCUT2D eigenvalue weighted by atomic mass is 10.1. The van der Waals surface area contributed by atoms with Gasteiger partial charge in [-0.2, -0.15) is 0 Å². The minimum absolute atomic E-state index is 0.105. The van der Waals surface area contributed by atoms with Crippen LogP contribution in [0.3, 0.4) is 0 Å². The third-order valence-corrected chi connectivity index (χ3v) is 6.75. The van der Waals surface area contributed by atoms with Gasteiger partial charge in [0, 0.05) is 35.2 Å². The van der Waals surface area contributed by atoms with Crippen molar-refractivity contribution >= 4 is 28.4 Å². The van der Waals surface area contributed by atoms with Gasteiger partial charge in [-0.25, -0.2) is 4.79 Å². The zero-order valence-electron chi connectivity index (χ0n) is 20.0. The Balaban J connectivity index is 1.42. The van der Waals surface area contributed by atoms with Crippen LogP contribution < -0.4 is 15.8 Å². The van der Waals surface area contributed by atoms with Gasteiger partial charge in [0.05, 0.1) is 30.1 Å². The number of hydrogen-bond donors (Lipinski definition) is 2. The lowest BCUT2D eigenvalue weighted by Gasteiger charge is -2.17. The highest BCUT2D eigenvalue weighted by Crippen LogP contribution is 2.47. The second kappa shape index (κ2) is 9.22. The van der Waals surface area contributed by atoms with Gasteiger partial charge in [0.15, 0.2) is 0 Å². The number of anilines is 2. The third kappa shape index (κ3) is 4.57. The molecule has 1 amide bonds. The van der Waals surface area contributed by atoms with Crippen molar-refractivity contribution in [1.29, 1.82) is 0 Å². The first kappa shape index (κ1) is 22.6. The molecule has 2 unspecified atom stereocenters. The topological polar surface area (TPSA) is 87.7 Å². The summed E-state index contributed by atoms with van der Waals surface area (Å²) in [7, 11) is 0. The van der Waals surface area contributed by atoms with Gasteiger partial charge in [-0.3, -0.25) is 5.32 Å². The number of nitrogens with zero attached hydrogens (tertiary/aromatic N) is 1. The number of nitrogens with one attached hydrogen (secondary N) is 1. The summed E-state index contributed by atoms with van der Waals surface area (Å²) in [5.74, 6) is 1.11.